The van der Waals surface area contributed by atoms with Crippen LogP contribution < -0.4 is 5.32 Å². The lowest BCUT2D eigenvalue weighted by molar-refractivity contribution is -0.115. The van der Waals surface area contributed by atoms with Gasteiger partial charge in [0, 0.05) is 12.2 Å². The number of nitrogens with one attached hydrogen (secondary N) is 1. The van der Waals surface area contributed by atoms with Crippen molar-refractivity contribution >= 4 is 17.7 Å². The van der Waals surface area contributed by atoms with Gasteiger partial charge in [-0.25, -0.2) is 9.18 Å². The van der Waals surface area contributed by atoms with Gasteiger partial charge < -0.3 is 15.0 Å². The molecule has 0 saturated carbocycles. The van der Waals surface area contributed by atoms with Gasteiger partial charge >= 0.3 is 6.09 Å². The van der Waals surface area contributed by atoms with E-state index in [1.165, 1.54) is 12.1 Å². The second kappa shape index (κ2) is 9.35. The number of hydrogen-bond donors (Lipinski definition) is 1. The molecule has 2 aromatic rings. The van der Waals surface area contributed by atoms with Crippen LogP contribution in [0.1, 0.15) is 38.8 Å². The van der Waals surface area contributed by atoms with Crippen LogP contribution in [0.5, 0.6) is 0 Å². The number of hydrogen-bond acceptors (Lipinski definition) is 3. The standard InChI is InChI=1S/C22H27FN2O3/c1-5-25(21(27)28-22(2,3)4)15-17-10-6-7-12-19(17)24-20(26)14-16-9-8-11-18(23)13-16/h6-13H,5,14-15H2,1-4H3,(H,24,26). The summed E-state index contributed by atoms with van der Waals surface area (Å²) in [5.41, 5.74) is 1.43. The van der Waals surface area contributed by atoms with E-state index >= 15 is 0 Å². The molecule has 0 heterocycles. The minimum absolute atomic E-state index is 0.0651. The van der Waals surface area contributed by atoms with Gasteiger partial charge in [-0.15, -0.1) is 0 Å². The minimum atomic E-state index is -0.580. The van der Waals surface area contributed by atoms with E-state index in [1.807, 2.05) is 45.9 Å². The zero-order chi connectivity index (χ0) is 20.7. The predicted octanol–water partition coefficient (Wildman–Crippen LogP) is 4.76. The Morgan fingerprint density at radius 1 is 1.11 bits per heavy atom. The summed E-state index contributed by atoms with van der Waals surface area (Å²) in [5, 5.41) is 2.85. The van der Waals surface area contributed by atoms with E-state index in [9.17, 15) is 14.0 Å². The molecule has 150 valence electrons. The Balaban J connectivity index is 2.09. The summed E-state index contributed by atoms with van der Waals surface area (Å²) in [6.45, 7) is 8.11. The predicted molar refractivity (Wildman–Crippen MR) is 107 cm³/mol. The highest BCUT2D eigenvalue weighted by Crippen LogP contribution is 2.19. The summed E-state index contributed by atoms with van der Waals surface area (Å²) in [6, 6.07) is 13.2. The normalized spacial score (nSPS) is 11.0. The number of para-hydroxylation sites is 1. The Morgan fingerprint density at radius 3 is 2.46 bits per heavy atom. The SMILES string of the molecule is CCN(Cc1ccccc1NC(=O)Cc1cccc(F)c1)C(=O)OC(C)(C)C. The topological polar surface area (TPSA) is 58.6 Å². The Kier molecular flexibility index (Phi) is 7.15. The van der Waals surface area contributed by atoms with Gasteiger partial charge in [0.15, 0.2) is 0 Å². The molecule has 2 amide bonds. The number of benzene rings is 2. The maximum atomic E-state index is 13.3. The fraction of sp³-hybridized carbons (Fsp3) is 0.364. The number of carbonyl (C=O) groups is 2. The fourth-order valence-corrected chi connectivity index (χ4v) is 2.64. The van der Waals surface area contributed by atoms with Crippen molar-refractivity contribution in [3.63, 3.8) is 0 Å². The van der Waals surface area contributed by atoms with Crippen molar-refractivity contribution in [1.29, 1.82) is 0 Å². The molecule has 0 aliphatic carbocycles. The number of anilines is 1. The Morgan fingerprint density at radius 2 is 1.82 bits per heavy atom. The summed E-state index contributed by atoms with van der Waals surface area (Å²) in [5.74, 6) is -0.625. The van der Waals surface area contributed by atoms with Crippen molar-refractivity contribution < 1.29 is 18.7 Å². The Hall–Kier alpha value is -2.89. The van der Waals surface area contributed by atoms with Gasteiger partial charge in [0.25, 0.3) is 0 Å². The molecule has 28 heavy (non-hydrogen) atoms. The van der Waals surface area contributed by atoms with Gasteiger partial charge in [-0.1, -0.05) is 30.3 Å². The maximum absolute atomic E-state index is 13.3. The highest BCUT2D eigenvalue weighted by Gasteiger charge is 2.22. The van der Waals surface area contributed by atoms with Crippen molar-refractivity contribution in [1.82, 2.24) is 4.90 Å². The molecule has 0 aromatic heterocycles. The lowest BCUT2D eigenvalue weighted by Gasteiger charge is -2.27. The first-order chi connectivity index (χ1) is 13.2. The fourth-order valence-electron chi connectivity index (χ4n) is 2.64. The van der Waals surface area contributed by atoms with Crippen LogP contribution in [0.2, 0.25) is 0 Å². The summed E-state index contributed by atoms with van der Waals surface area (Å²) in [6.07, 6.45) is -0.341. The van der Waals surface area contributed by atoms with Crippen molar-refractivity contribution in [3.8, 4) is 0 Å². The third-order valence-corrected chi connectivity index (χ3v) is 3.94. The summed E-state index contributed by atoms with van der Waals surface area (Å²) >= 11 is 0. The monoisotopic (exact) mass is 386 g/mol. The zero-order valence-corrected chi connectivity index (χ0v) is 16.8. The highest BCUT2D eigenvalue weighted by molar-refractivity contribution is 5.93. The molecule has 5 nitrogen and oxygen atoms in total. The first kappa shape index (κ1) is 21.4. The summed E-state index contributed by atoms with van der Waals surface area (Å²) in [7, 11) is 0. The molecule has 0 fully saturated rings. The third-order valence-electron chi connectivity index (χ3n) is 3.94. The quantitative estimate of drug-likeness (QED) is 0.778. The van der Waals surface area contributed by atoms with E-state index in [0.717, 1.165) is 5.56 Å². The van der Waals surface area contributed by atoms with Crippen LogP contribution in [0.15, 0.2) is 48.5 Å². The lowest BCUT2D eigenvalue weighted by Crippen LogP contribution is -2.36. The van der Waals surface area contributed by atoms with Crippen LogP contribution in [0.25, 0.3) is 0 Å². The van der Waals surface area contributed by atoms with Gasteiger partial charge in [-0.3, -0.25) is 4.79 Å². The molecule has 0 bridgehead atoms. The average molecular weight is 386 g/mol. The Labute approximate surface area is 165 Å². The number of amides is 2. The molecule has 6 heteroatoms. The third kappa shape index (κ3) is 6.68. The molecule has 0 atom stereocenters. The number of halogens is 1. The smallest absolute Gasteiger partial charge is 0.410 e. The van der Waals surface area contributed by atoms with Gasteiger partial charge in [0.05, 0.1) is 13.0 Å². The second-order valence-corrected chi connectivity index (χ2v) is 7.51. The number of rotatable bonds is 6. The van der Waals surface area contributed by atoms with Crippen LogP contribution in [0, 0.1) is 5.82 Å². The van der Waals surface area contributed by atoms with Crippen LogP contribution in [0.3, 0.4) is 0 Å². The molecule has 1 N–H and O–H groups in total. The molecular weight excluding hydrogens is 359 g/mol. The van der Waals surface area contributed by atoms with Crippen molar-refractivity contribution in [2.24, 2.45) is 0 Å². The average Bonchev–Trinajstić information content (AvgIpc) is 2.59. The Bertz CT molecular complexity index is 831. The van der Waals surface area contributed by atoms with Gasteiger partial charge in [-0.05, 0) is 57.0 Å². The van der Waals surface area contributed by atoms with Crippen molar-refractivity contribution in [2.45, 2.75) is 46.3 Å². The maximum Gasteiger partial charge on any atom is 0.410 e. The van der Waals surface area contributed by atoms with E-state index in [0.29, 0.717) is 24.3 Å². The zero-order valence-electron chi connectivity index (χ0n) is 16.8. The molecular formula is C22H27FN2O3. The lowest BCUT2D eigenvalue weighted by atomic mass is 10.1. The second-order valence-electron chi connectivity index (χ2n) is 7.51. The van der Waals surface area contributed by atoms with Gasteiger partial charge in [0.1, 0.15) is 11.4 Å². The summed E-state index contributed by atoms with van der Waals surface area (Å²) < 4.78 is 18.7. The van der Waals surface area contributed by atoms with E-state index < -0.39 is 11.7 Å². The minimum Gasteiger partial charge on any atom is -0.444 e. The van der Waals surface area contributed by atoms with E-state index in [1.54, 1.807) is 23.1 Å². The molecule has 2 rings (SSSR count). The molecule has 0 aliphatic heterocycles. The largest absolute Gasteiger partial charge is 0.444 e. The molecule has 2 aromatic carbocycles. The first-order valence-corrected chi connectivity index (χ1v) is 9.28. The van der Waals surface area contributed by atoms with E-state index in [4.69, 9.17) is 4.74 Å². The molecule has 0 aliphatic rings. The molecule has 0 spiro atoms. The molecule has 0 unspecified atom stereocenters. The van der Waals surface area contributed by atoms with Crippen molar-refractivity contribution in [2.75, 3.05) is 11.9 Å². The molecule has 0 saturated heterocycles. The van der Waals surface area contributed by atoms with Crippen LogP contribution in [-0.2, 0) is 22.5 Å². The highest BCUT2D eigenvalue weighted by atomic mass is 19.1. The summed E-state index contributed by atoms with van der Waals surface area (Å²) in [4.78, 5) is 26.3. The number of ether oxygens (including phenoxy) is 1. The van der Waals surface area contributed by atoms with Crippen LogP contribution in [-0.4, -0.2) is 29.0 Å². The first-order valence-electron chi connectivity index (χ1n) is 9.28. The molecule has 0 radical (unpaired) electrons. The van der Waals surface area contributed by atoms with E-state index in [-0.39, 0.29) is 18.1 Å². The number of nitrogens with zero attached hydrogens (tertiary/aromatic N) is 1. The van der Waals surface area contributed by atoms with Gasteiger partial charge in [0.2, 0.25) is 5.91 Å². The van der Waals surface area contributed by atoms with Crippen LogP contribution >= 0.6 is 0 Å². The number of carbonyl (C=O) groups excluding carboxylic acids is 2. The van der Waals surface area contributed by atoms with Gasteiger partial charge in [-0.2, -0.15) is 0 Å². The van der Waals surface area contributed by atoms with E-state index in [2.05, 4.69) is 5.32 Å². The van der Waals surface area contributed by atoms with Crippen molar-refractivity contribution in [3.05, 3.63) is 65.5 Å². The van der Waals surface area contributed by atoms with Crippen LogP contribution in [0.4, 0.5) is 14.9 Å².